The van der Waals surface area contributed by atoms with Gasteiger partial charge in [0.2, 0.25) is 0 Å². The molecular weight excluding hydrogens is 428 g/mol. The first-order chi connectivity index (χ1) is 15.5. The predicted molar refractivity (Wildman–Crippen MR) is 124 cm³/mol. The molecule has 0 N–H and O–H groups in total. The first kappa shape index (κ1) is 23.4. The van der Waals surface area contributed by atoms with Crippen LogP contribution in [0.2, 0.25) is 5.02 Å². The third-order valence-electron chi connectivity index (χ3n) is 4.68. The van der Waals surface area contributed by atoms with Crippen LogP contribution in [0.1, 0.15) is 53.3 Å². The quantitative estimate of drug-likeness (QED) is 0.194. The molecule has 0 aliphatic heterocycles. The van der Waals surface area contributed by atoms with Crippen LogP contribution in [-0.4, -0.2) is 18.5 Å². The molecule has 0 saturated carbocycles. The monoisotopic (exact) mass is 452 g/mol. The third-order valence-corrected chi connectivity index (χ3v) is 4.93. The molecule has 3 aromatic carbocycles. The highest BCUT2D eigenvalue weighted by Crippen LogP contribution is 2.21. The van der Waals surface area contributed by atoms with E-state index in [1.54, 1.807) is 72.8 Å². The lowest BCUT2D eigenvalue weighted by Gasteiger charge is -2.08. The molecule has 0 amide bonds. The first-order valence-electron chi connectivity index (χ1n) is 10.6. The normalized spacial score (nSPS) is 10.4. The minimum Gasteiger partial charge on any atom is -0.494 e. The summed E-state index contributed by atoms with van der Waals surface area (Å²) in [5.74, 6) is 0.428. The maximum absolute atomic E-state index is 12.4. The summed E-state index contributed by atoms with van der Waals surface area (Å²) < 4.78 is 16.4. The van der Waals surface area contributed by atoms with Crippen molar-refractivity contribution in [1.82, 2.24) is 0 Å². The van der Waals surface area contributed by atoms with Crippen molar-refractivity contribution in [2.75, 3.05) is 6.61 Å². The molecule has 5 nitrogen and oxygen atoms in total. The summed E-state index contributed by atoms with van der Waals surface area (Å²) in [6, 6.07) is 19.5. The molecule has 0 aromatic heterocycles. The van der Waals surface area contributed by atoms with Crippen molar-refractivity contribution in [3.63, 3.8) is 0 Å². The summed E-state index contributed by atoms with van der Waals surface area (Å²) in [4.78, 5) is 24.5. The molecular formula is C26H25ClO5. The standard InChI is InChI=1S/C26H25ClO5/c1-2-3-4-5-18-30-22-12-8-20(9-13-22)26(29)32-24-16-14-23(15-17-24)31-25(28)19-6-10-21(27)11-7-19/h6-17H,2-5,18H2,1H3. The molecule has 3 rings (SSSR count). The van der Waals surface area contributed by atoms with E-state index in [9.17, 15) is 9.59 Å². The van der Waals surface area contributed by atoms with Crippen molar-refractivity contribution >= 4 is 23.5 Å². The third kappa shape index (κ3) is 7.13. The number of carbonyl (C=O) groups excluding carboxylic acids is 2. The van der Waals surface area contributed by atoms with E-state index >= 15 is 0 Å². The molecule has 0 spiro atoms. The molecule has 0 bridgehead atoms. The molecule has 32 heavy (non-hydrogen) atoms. The molecule has 166 valence electrons. The van der Waals surface area contributed by atoms with E-state index < -0.39 is 11.9 Å². The average molecular weight is 453 g/mol. The zero-order valence-corrected chi connectivity index (χ0v) is 18.6. The molecule has 0 aliphatic carbocycles. The van der Waals surface area contributed by atoms with Crippen LogP contribution in [0, 0.1) is 0 Å². The van der Waals surface area contributed by atoms with E-state index in [1.165, 1.54) is 12.8 Å². The van der Waals surface area contributed by atoms with E-state index in [4.69, 9.17) is 25.8 Å². The number of halogens is 1. The van der Waals surface area contributed by atoms with E-state index in [1.807, 2.05) is 0 Å². The number of rotatable bonds is 10. The number of hydrogen-bond donors (Lipinski definition) is 0. The second kappa shape index (κ2) is 11.9. The Morgan fingerprint density at radius 3 is 1.62 bits per heavy atom. The van der Waals surface area contributed by atoms with Crippen molar-refractivity contribution in [2.24, 2.45) is 0 Å². The van der Waals surface area contributed by atoms with Gasteiger partial charge in [0, 0.05) is 5.02 Å². The molecule has 0 radical (unpaired) electrons. The minimum absolute atomic E-state index is 0.338. The lowest BCUT2D eigenvalue weighted by Crippen LogP contribution is -2.09. The van der Waals surface area contributed by atoms with Crippen LogP contribution in [0.3, 0.4) is 0 Å². The summed E-state index contributed by atoms with van der Waals surface area (Å²) >= 11 is 5.82. The minimum atomic E-state index is -0.501. The van der Waals surface area contributed by atoms with Crippen LogP contribution >= 0.6 is 11.6 Å². The molecule has 0 fully saturated rings. The van der Waals surface area contributed by atoms with Gasteiger partial charge in [0.1, 0.15) is 17.2 Å². The number of hydrogen-bond acceptors (Lipinski definition) is 5. The highest BCUT2D eigenvalue weighted by molar-refractivity contribution is 6.30. The van der Waals surface area contributed by atoms with E-state index in [0.29, 0.717) is 34.3 Å². The zero-order chi connectivity index (χ0) is 22.8. The van der Waals surface area contributed by atoms with Gasteiger partial charge in [0.15, 0.2) is 0 Å². The second-order valence-corrected chi connectivity index (χ2v) is 7.63. The fraction of sp³-hybridized carbons (Fsp3) is 0.231. The molecule has 3 aromatic rings. The van der Waals surface area contributed by atoms with Gasteiger partial charge in [0.05, 0.1) is 17.7 Å². The van der Waals surface area contributed by atoms with Crippen LogP contribution in [-0.2, 0) is 0 Å². The fourth-order valence-corrected chi connectivity index (χ4v) is 3.03. The SMILES string of the molecule is CCCCCCOc1ccc(C(=O)Oc2ccc(OC(=O)c3ccc(Cl)cc3)cc2)cc1. The number of ether oxygens (including phenoxy) is 3. The Morgan fingerprint density at radius 1 is 0.656 bits per heavy atom. The predicted octanol–water partition coefficient (Wildman–Crippen LogP) is 6.74. The van der Waals surface area contributed by atoms with Crippen LogP contribution < -0.4 is 14.2 Å². The van der Waals surface area contributed by atoms with Gasteiger partial charge in [0.25, 0.3) is 0 Å². The van der Waals surface area contributed by atoms with E-state index in [-0.39, 0.29) is 0 Å². The van der Waals surface area contributed by atoms with Crippen molar-refractivity contribution < 1.29 is 23.8 Å². The summed E-state index contributed by atoms with van der Waals surface area (Å²) in [5.41, 5.74) is 0.805. The Labute approximate surface area is 192 Å². The van der Waals surface area contributed by atoms with Crippen LogP contribution in [0.15, 0.2) is 72.8 Å². The van der Waals surface area contributed by atoms with Gasteiger partial charge in [-0.05, 0) is 79.2 Å². The van der Waals surface area contributed by atoms with Gasteiger partial charge in [-0.25, -0.2) is 9.59 Å². The van der Waals surface area contributed by atoms with Crippen LogP contribution in [0.5, 0.6) is 17.2 Å². The van der Waals surface area contributed by atoms with Crippen molar-refractivity contribution in [1.29, 1.82) is 0 Å². The summed E-state index contributed by atoms with van der Waals surface area (Å²) in [7, 11) is 0. The highest BCUT2D eigenvalue weighted by Gasteiger charge is 2.11. The number of esters is 2. The second-order valence-electron chi connectivity index (χ2n) is 7.19. The Morgan fingerprint density at radius 2 is 1.12 bits per heavy atom. The number of benzene rings is 3. The van der Waals surface area contributed by atoms with Crippen LogP contribution in [0.25, 0.3) is 0 Å². The van der Waals surface area contributed by atoms with Gasteiger partial charge in [-0.3, -0.25) is 0 Å². The van der Waals surface area contributed by atoms with Gasteiger partial charge < -0.3 is 14.2 Å². The maximum Gasteiger partial charge on any atom is 0.343 e. The molecule has 6 heteroatoms. The van der Waals surface area contributed by atoms with Gasteiger partial charge in [-0.1, -0.05) is 37.8 Å². The van der Waals surface area contributed by atoms with Crippen molar-refractivity contribution in [3.8, 4) is 17.2 Å². The summed E-state index contributed by atoms with van der Waals surface area (Å²) in [6.07, 6.45) is 4.57. The zero-order valence-electron chi connectivity index (χ0n) is 17.9. The number of carbonyl (C=O) groups is 2. The average Bonchev–Trinajstić information content (AvgIpc) is 2.81. The molecule has 0 aliphatic rings. The lowest BCUT2D eigenvalue weighted by molar-refractivity contribution is 0.0719. The largest absolute Gasteiger partial charge is 0.494 e. The molecule has 0 atom stereocenters. The maximum atomic E-state index is 12.4. The summed E-state index contributed by atoms with van der Waals surface area (Å²) in [5, 5.41) is 0.539. The smallest absolute Gasteiger partial charge is 0.343 e. The van der Waals surface area contributed by atoms with Gasteiger partial charge in [-0.15, -0.1) is 0 Å². The van der Waals surface area contributed by atoms with Crippen molar-refractivity contribution in [3.05, 3.63) is 88.9 Å². The Bertz CT molecular complexity index is 1010. The molecule has 0 unspecified atom stereocenters. The van der Waals surface area contributed by atoms with Gasteiger partial charge >= 0.3 is 11.9 Å². The molecule has 0 heterocycles. The molecule has 0 saturated heterocycles. The highest BCUT2D eigenvalue weighted by atomic mass is 35.5. The van der Waals surface area contributed by atoms with Crippen LogP contribution in [0.4, 0.5) is 0 Å². The Balaban J connectivity index is 1.49. The summed E-state index contributed by atoms with van der Waals surface area (Å²) in [6.45, 7) is 2.84. The fourth-order valence-electron chi connectivity index (χ4n) is 2.90. The Kier molecular flexibility index (Phi) is 8.70. The number of unbranched alkanes of at least 4 members (excludes halogenated alkanes) is 3. The van der Waals surface area contributed by atoms with E-state index in [2.05, 4.69) is 6.92 Å². The lowest BCUT2D eigenvalue weighted by atomic mass is 10.2. The van der Waals surface area contributed by atoms with E-state index in [0.717, 1.165) is 18.6 Å². The van der Waals surface area contributed by atoms with Crippen molar-refractivity contribution in [2.45, 2.75) is 32.6 Å². The Hall–Kier alpha value is -3.31. The first-order valence-corrected chi connectivity index (χ1v) is 11.0. The van der Waals surface area contributed by atoms with Gasteiger partial charge in [-0.2, -0.15) is 0 Å². The topological polar surface area (TPSA) is 61.8 Å².